The van der Waals surface area contributed by atoms with E-state index in [0.717, 1.165) is 42.7 Å². The molecule has 0 aliphatic carbocycles. The minimum Gasteiger partial charge on any atom is -0.388 e. The van der Waals surface area contributed by atoms with Crippen molar-refractivity contribution >= 4 is 15.9 Å². The standard InChI is InChI=1S/C14H20BrNO2/c1-11-10-16(8-9-18-11)7-6-14(17)12-4-2-3-5-13(12)15/h2-5,11,14,17H,6-10H2,1H3. The number of aliphatic hydroxyl groups excluding tert-OH is 1. The summed E-state index contributed by atoms with van der Waals surface area (Å²) >= 11 is 3.48. The van der Waals surface area contributed by atoms with E-state index >= 15 is 0 Å². The van der Waals surface area contributed by atoms with Gasteiger partial charge >= 0.3 is 0 Å². The topological polar surface area (TPSA) is 32.7 Å². The average Bonchev–Trinajstić information content (AvgIpc) is 2.37. The lowest BCUT2D eigenvalue weighted by atomic mass is 10.1. The van der Waals surface area contributed by atoms with Gasteiger partial charge in [-0.05, 0) is 25.0 Å². The van der Waals surface area contributed by atoms with Crippen LogP contribution in [0.4, 0.5) is 0 Å². The van der Waals surface area contributed by atoms with Crippen molar-refractivity contribution in [3.05, 3.63) is 34.3 Å². The maximum atomic E-state index is 10.2. The number of morpholine rings is 1. The van der Waals surface area contributed by atoms with Gasteiger partial charge in [-0.3, -0.25) is 4.90 Å². The zero-order valence-electron chi connectivity index (χ0n) is 10.7. The Kier molecular flexibility index (Phi) is 5.18. The van der Waals surface area contributed by atoms with Crippen molar-refractivity contribution in [3.63, 3.8) is 0 Å². The summed E-state index contributed by atoms with van der Waals surface area (Å²) in [5.41, 5.74) is 0.971. The molecule has 1 heterocycles. The lowest BCUT2D eigenvalue weighted by molar-refractivity contribution is -0.0222. The highest BCUT2D eigenvalue weighted by Gasteiger charge is 2.18. The molecule has 0 amide bonds. The molecule has 18 heavy (non-hydrogen) atoms. The fourth-order valence-electron chi connectivity index (χ4n) is 2.30. The van der Waals surface area contributed by atoms with Gasteiger partial charge in [0.1, 0.15) is 0 Å². The van der Waals surface area contributed by atoms with E-state index in [1.54, 1.807) is 0 Å². The quantitative estimate of drug-likeness (QED) is 0.927. The lowest BCUT2D eigenvalue weighted by Gasteiger charge is -2.31. The van der Waals surface area contributed by atoms with Crippen LogP contribution in [0.2, 0.25) is 0 Å². The van der Waals surface area contributed by atoms with Crippen molar-refractivity contribution in [3.8, 4) is 0 Å². The smallest absolute Gasteiger partial charge is 0.0813 e. The van der Waals surface area contributed by atoms with E-state index in [4.69, 9.17) is 4.74 Å². The number of hydrogen-bond acceptors (Lipinski definition) is 3. The van der Waals surface area contributed by atoms with E-state index in [2.05, 4.69) is 27.8 Å². The van der Waals surface area contributed by atoms with Gasteiger partial charge in [0.2, 0.25) is 0 Å². The molecule has 3 nitrogen and oxygen atoms in total. The van der Waals surface area contributed by atoms with Gasteiger partial charge in [0, 0.05) is 24.1 Å². The van der Waals surface area contributed by atoms with Crippen LogP contribution in [0.3, 0.4) is 0 Å². The molecule has 1 aromatic rings. The predicted octanol–water partition coefficient (Wildman–Crippen LogP) is 2.59. The second-order valence-corrected chi connectivity index (χ2v) is 5.66. The molecule has 1 aliphatic heterocycles. The summed E-state index contributed by atoms with van der Waals surface area (Å²) in [6.45, 7) is 5.73. The van der Waals surface area contributed by atoms with Crippen LogP contribution in [0.25, 0.3) is 0 Å². The summed E-state index contributed by atoms with van der Waals surface area (Å²) in [6, 6.07) is 7.86. The van der Waals surface area contributed by atoms with E-state index in [-0.39, 0.29) is 0 Å². The van der Waals surface area contributed by atoms with Gasteiger partial charge in [-0.2, -0.15) is 0 Å². The third-order valence-electron chi connectivity index (χ3n) is 3.31. The Morgan fingerprint density at radius 2 is 2.28 bits per heavy atom. The average molecular weight is 314 g/mol. The van der Waals surface area contributed by atoms with Gasteiger partial charge in [-0.15, -0.1) is 0 Å². The third kappa shape index (κ3) is 3.79. The molecule has 0 aromatic heterocycles. The Labute approximate surface area is 117 Å². The summed E-state index contributed by atoms with van der Waals surface area (Å²) in [6.07, 6.45) is 0.660. The maximum absolute atomic E-state index is 10.2. The Bertz CT molecular complexity index is 386. The van der Waals surface area contributed by atoms with Crippen molar-refractivity contribution in [2.24, 2.45) is 0 Å². The molecule has 2 atom stereocenters. The van der Waals surface area contributed by atoms with E-state index in [1.165, 1.54) is 0 Å². The van der Waals surface area contributed by atoms with Gasteiger partial charge in [0.05, 0.1) is 18.8 Å². The molecule has 1 aromatic carbocycles. The number of rotatable bonds is 4. The molecule has 4 heteroatoms. The first-order chi connectivity index (χ1) is 8.66. The molecule has 0 spiro atoms. The number of aliphatic hydroxyl groups is 1. The Hall–Kier alpha value is -0.420. The van der Waals surface area contributed by atoms with Crippen molar-refractivity contribution in [2.45, 2.75) is 25.6 Å². The summed E-state index contributed by atoms with van der Waals surface area (Å²) in [4.78, 5) is 2.36. The van der Waals surface area contributed by atoms with Crippen molar-refractivity contribution < 1.29 is 9.84 Å². The number of benzene rings is 1. The number of nitrogens with zero attached hydrogens (tertiary/aromatic N) is 1. The molecule has 1 N–H and O–H groups in total. The van der Waals surface area contributed by atoms with Crippen LogP contribution >= 0.6 is 15.9 Å². The van der Waals surface area contributed by atoms with Crippen LogP contribution in [0.15, 0.2) is 28.7 Å². The van der Waals surface area contributed by atoms with E-state index in [1.807, 2.05) is 24.3 Å². The molecule has 100 valence electrons. The van der Waals surface area contributed by atoms with Crippen molar-refractivity contribution in [1.82, 2.24) is 4.90 Å². The van der Waals surface area contributed by atoms with Crippen LogP contribution in [0.1, 0.15) is 25.0 Å². The molecular formula is C14H20BrNO2. The van der Waals surface area contributed by atoms with Crippen LogP contribution in [0, 0.1) is 0 Å². The third-order valence-corrected chi connectivity index (χ3v) is 4.03. The number of hydrogen-bond donors (Lipinski definition) is 1. The molecule has 0 bridgehead atoms. The second-order valence-electron chi connectivity index (χ2n) is 4.81. The Balaban J connectivity index is 1.84. The molecule has 2 unspecified atom stereocenters. The first-order valence-corrected chi connectivity index (χ1v) is 7.22. The largest absolute Gasteiger partial charge is 0.388 e. The first kappa shape index (κ1) is 14.0. The molecule has 1 fully saturated rings. The van der Waals surface area contributed by atoms with Gasteiger partial charge in [-0.1, -0.05) is 34.1 Å². The van der Waals surface area contributed by atoms with Gasteiger partial charge < -0.3 is 9.84 Å². The molecule has 2 rings (SSSR count). The van der Waals surface area contributed by atoms with E-state index in [9.17, 15) is 5.11 Å². The van der Waals surface area contributed by atoms with Gasteiger partial charge in [0.15, 0.2) is 0 Å². The van der Waals surface area contributed by atoms with Crippen molar-refractivity contribution in [2.75, 3.05) is 26.2 Å². The fourth-order valence-corrected chi connectivity index (χ4v) is 2.85. The monoisotopic (exact) mass is 313 g/mol. The summed E-state index contributed by atoms with van der Waals surface area (Å²) in [5, 5.41) is 10.2. The predicted molar refractivity (Wildman–Crippen MR) is 75.6 cm³/mol. The minimum absolute atomic E-state index is 0.305. The van der Waals surface area contributed by atoms with Crippen LogP contribution in [-0.4, -0.2) is 42.4 Å². The molecule has 0 saturated carbocycles. The second kappa shape index (κ2) is 6.66. The molecule has 1 aliphatic rings. The number of halogens is 1. The van der Waals surface area contributed by atoms with Crippen LogP contribution in [0.5, 0.6) is 0 Å². The van der Waals surface area contributed by atoms with Crippen LogP contribution in [-0.2, 0) is 4.74 Å². The molecular weight excluding hydrogens is 294 g/mol. The Morgan fingerprint density at radius 3 is 3.00 bits per heavy atom. The lowest BCUT2D eigenvalue weighted by Crippen LogP contribution is -2.41. The summed E-state index contributed by atoms with van der Waals surface area (Å²) < 4.78 is 6.49. The molecule has 0 radical (unpaired) electrons. The zero-order valence-corrected chi connectivity index (χ0v) is 12.3. The summed E-state index contributed by atoms with van der Waals surface area (Å²) in [5.74, 6) is 0. The van der Waals surface area contributed by atoms with E-state index in [0.29, 0.717) is 6.10 Å². The highest BCUT2D eigenvalue weighted by atomic mass is 79.9. The van der Waals surface area contributed by atoms with E-state index < -0.39 is 6.10 Å². The van der Waals surface area contributed by atoms with Gasteiger partial charge in [-0.25, -0.2) is 0 Å². The zero-order chi connectivity index (χ0) is 13.0. The molecule has 1 saturated heterocycles. The maximum Gasteiger partial charge on any atom is 0.0813 e. The normalized spacial score (nSPS) is 22.9. The fraction of sp³-hybridized carbons (Fsp3) is 0.571. The number of ether oxygens (including phenoxy) is 1. The Morgan fingerprint density at radius 1 is 1.50 bits per heavy atom. The first-order valence-electron chi connectivity index (χ1n) is 6.43. The highest BCUT2D eigenvalue weighted by Crippen LogP contribution is 2.25. The summed E-state index contributed by atoms with van der Waals surface area (Å²) in [7, 11) is 0. The highest BCUT2D eigenvalue weighted by molar-refractivity contribution is 9.10. The van der Waals surface area contributed by atoms with Crippen molar-refractivity contribution in [1.29, 1.82) is 0 Å². The minimum atomic E-state index is -0.404. The SMILES string of the molecule is CC1CN(CCC(O)c2ccccc2Br)CCO1. The van der Waals surface area contributed by atoms with Gasteiger partial charge in [0.25, 0.3) is 0 Å². The van der Waals surface area contributed by atoms with Crippen LogP contribution < -0.4 is 0 Å².